The van der Waals surface area contributed by atoms with Crippen LogP contribution in [0.15, 0.2) is 42.5 Å². The lowest BCUT2D eigenvalue weighted by Gasteiger charge is -2.56. The number of anilines is 2. The molecule has 0 saturated carbocycles. The van der Waals surface area contributed by atoms with Gasteiger partial charge in [0.15, 0.2) is 5.41 Å². The molecule has 3 aliphatic heterocycles. The van der Waals surface area contributed by atoms with Crippen molar-refractivity contribution in [3.8, 4) is 0 Å². The van der Waals surface area contributed by atoms with E-state index in [9.17, 15) is 14.4 Å². The van der Waals surface area contributed by atoms with Gasteiger partial charge in [0, 0.05) is 17.3 Å². The fraction of sp³-hybridized carbons (Fsp3) is 0.375. The van der Waals surface area contributed by atoms with Crippen LogP contribution in [0.5, 0.6) is 0 Å². The van der Waals surface area contributed by atoms with E-state index in [1.807, 2.05) is 24.3 Å². The number of barbiturate groups is 1. The molecule has 0 aromatic heterocycles. The summed E-state index contributed by atoms with van der Waals surface area (Å²) in [6, 6.07) is 11.3. The number of imide groups is 2. The lowest BCUT2D eigenvalue weighted by molar-refractivity contribution is -0.146. The van der Waals surface area contributed by atoms with E-state index < -0.39 is 23.3 Å². The Morgan fingerprint density at radius 2 is 1.78 bits per heavy atom. The number of hydrogen-bond acceptors (Lipinski definition) is 4. The first-order valence-corrected chi connectivity index (χ1v) is 11.5. The molecule has 2 aromatic rings. The van der Waals surface area contributed by atoms with Gasteiger partial charge in [-0.15, -0.1) is 0 Å². The molecule has 0 aliphatic carbocycles. The molecule has 166 valence electrons. The maximum atomic E-state index is 14.2. The highest BCUT2D eigenvalue weighted by Gasteiger charge is 2.64. The Hall–Kier alpha value is -2.57. The van der Waals surface area contributed by atoms with Crippen molar-refractivity contribution in [1.29, 1.82) is 0 Å². The number of para-hydroxylation sites is 1. The Morgan fingerprint density at radius 1 is 1.03 bits per heavy atom. The van der Waals surface area contributed by atoms with Gasteiger partial charge in [-0.2, -0.15) is 0 Å². The molecule has 4 unspecified atom stereocenters. The monoisotopic (exact) mass is 471 g/mol. The van der Waals surface area contributed by atoms with E-state index in [4.69, 9.17) is 23.2 Å². The smallest absolute Gasteiger partial charge is 0.335 e. The van der Waals surface area contributed by atoms with E-state index in [-0.39, 0.29) is 29.1 Å². The van der Waals surface area contributed by atoms with Crippen LogP contribution in [0.25, 0.3) is 0 Å². The molecule has 6 nitrogen and oxygen atoms in total. The van der Waals surface area contributed by atoms with Crippen LogP contribution < -0.4 is 15.1 Å². The number of rotatable bonds is 1. The average Bonchev–Trinajstić information content (AvgIpc) is 2.74. The van der Waals surface area contributed by atoms with Crippen LogP contribution in [-0.4, -0.2) is 30.4 Å². The number of hydrogen-bond donors (Lipinski definition) is 1. The Bertz CT molecular complexity index is 1150. The van der Waals surface area contributed by atoms with Crippen LogP contribution in [0, 0.1) is 17.3 Å². The van der Waals surface area contributed by atoms with Gasteiger partial charge in [0.2, 0.25) is 5.91 Å². The number of halogens is 2. The summed E-state index contributed by atoms with van der Waals surface area (Å²) in [6.07, 6.45) is 1.10. The van der Waals surface area contributed by atoms with Gasteiger partial charge in [0.25, 0.3) is 5.91 Å². The van der Waals surface area contributed by atoms with Crippen molar-refractivity contribution in [3.63, 3.8) is 0 Å². The molecule has 2 saturated heterocycles. The van der Waals surface area contributed by atoms with E-state index in [2.05, 4.69) is 24.1 Å². The molecule has 32 heavy (non-hydrogen) atoms. The highest BCUT2D eigenvalue weighted by molar-refractivity contribution is 6.39. The summed E-state index contributed by atoms with van der Waals surface area (Å²) in [5, 5.41) is 3.01. The van der Waals surface area contributed by atoms with Crippen LogP contribution in [0.2, 0.25) is 10.0 Å². The molecule has 0 radical (unpaired) electrons. The van der Waals surface area contributed by atoms with E-state index in [0.29, 0.717) is 10.9 Å². The zero-order valence-corrected chi connectivity index (χ0v) is 19.3. The molecular formula is C24H23Cl2N3O3. The summed E-state index contributed by atoms with van der Waals surface area (Å²) >= 11 is 12.5. The highest BCUT2D eigenvalue weighted by Crippen LogP contribution is 2.50. The fourth-order valence-electron chi connectivity index (χ4n) is 5.89. The van der Waals surface area contributed by atoms with Gasteiger partial charge in [0.05, 0.1) is 16.8 Å². The molecule has 4 amide bonds. The molecule has 5 rings (SSSR count). The predicted molar refractivity (Wildman–Crippen MR) is 124 cm³/mol. The molecule has 4 atom stereocenters. The summed E-state index contributed by atoms with van der Waals surface area (Å²) in [5.41, 5.74) is 0.690. The van der Waals surface area contributed by atoms with Crippen molar-refractivity contribution >= 4 is 52.4 Å². The Balaban J connectivity index is 1.71. The van der Waals surface area contributed by atoms with Crippen molar-refractivity contribution in [1.82, 2.24) is 5.32 Å². The van der Waals surface area contributed by atoms with Crippen molar-refractivity contribution in [2.45, 2.75) is 32.7 Å². The fourth-order valence-corrected chi connectivity index (χ4v) is 6.25. The third-order valence-corrected chi connectivity index (χ3v) is 7.55. The number of fused-ring (bicyclic) bond motifs is 4. The first kappa shape index (κ1) is 21.3. The van der Waals surface area contributed by atoms with Crippen molar-refractivity contribution in [3.05, 3.63) is 58.1 Å². The van der Waals surface area contributed by atoms with Gasteiger partial charge in [-0.1, -0.05) is 55.2 Å². The lowest BCUT2D eigenvalue weighted by atomic mass is 9.62. The first-order valence-electron chi connectivity index (χ1n) is 10.7. The zero-order chi connectivity index (χ0) is 22.8. The van der Waals surface area contributed by atoms with Crippen LogP contribution in [-0.2, 0) is 16.0 Å². The number of benzene rings is 2. The Labute approximate surface area is 196 Å². The number of urea groups is 1. The second-order valence-electron chi connectivity index (χ2n) is 9.19. The van der Waals surface area contributed by atoms with Crippen LogP contribution >= 0.6 is 23.2 Å². The lowest BCUT2D eigenvalue weighted by Crippen LogP contribution is -2.74. The Morgan fingerprint density at radius 3 is 2.56 bits per heavy atom. The molecule has 1 N–H and O–H groups in total. The summed E-state index contributed by atoms with van der Waals surface area (Å²) in [4.78, 5) is 43.8. The minimum absolute atomic E-state index is 0.0618. The highest BCUT2D eigenvalue weighted by atomic mass is 35.5. The van der Waals surface area contributed by atoms with Crippen LogP contribution in [0.4, 0.5) is 16.2 Å². The summed E-state index contributed by atoms with van der Waals surface area (Å²) in [5.74, 6) is -0.632. The third kappa shape index (κ3) is 2.96. The summed E-state index contributed by atoms with van der Waals surface area (Å²) < 4.78 is 0. The van der Waals surface area contributed by atoms with Gasteiger partial charge in [0.1, 0.15) is 0 Å². The molecule has 2 aromatic carbocycles. The van der Waals surface area contributed by atoms with Crippen LogP contribution in [0.1, 0.15) is 25.8 Å². The zero-order valence-electron chi connectivity index (χ0n) is 17.8. The maximum Gasteiger partial charge on any atom is 0.335 e. The molecular weight excluding hydrogens is 449 g/mol. The number of carbonyl (C=O) groups is 3. The number of nitrogens with zero attached hydrogens (tertiary/aromatic N) is 2. The number of nitrogens with one attached hydrogen (secondary N) is 1. The second kappa shape index (κ2) is 7.49. The van der Waals surface area contributed by atoms with Crippen molar-refractivity contribution in [2.75, 3.05) is 16.3 Å². The Kier molecular flexibility index (Phi) is 4.98. The van der Waals surface area contributed by atoms with E-state index in [0.717, 1.165) is 29.1 Å². The van der Waals surface area contributed by atoms with Crippen molar-refractivity contribution in [2.24, 2.45) is 17.3 Å². The maximum absolute atomic E-state index is 14.2. The molecule has 3 heterocycles. The molecule has 2 fully saturated rings. The number of piperidine rings is 1. The number of carbonyl (C=O) groups excluding carboxylic acids is 3. The van der Waals surface area contributed by atoms with E-state index in [1.54, 1.807) is 6.07 Å². The summed E-state index contributed by atoms with van der Waals surface area (Å²) in [6.45, 7) is 5.00. The summed E-state index contributed by atoms with van der Waals surface area (Å²) in [7, 11) is 0. The predicted octanol–water partition coefficient (Wildman–Crippen LogP) is 4.67. The molecule has 8 heteroatoms. The molecule has 0 bridgehead atoms. The average molecular weight is 472 g/mol. The first-order chi connectivity index (χ1) is 15.2. The van der Waals surface area contributed by atoms with E-state index in [1.165, 1.54) is 12.1 Å². The standard InChI is InChI=1S/C24H23Cl2N3O3/c1-13-9-14(2)20-24(11-15-5-3-4-6-18(15)28(20)12-13)21(30)27-23(32)29(22(24)31)19-10-16(25)7-8-17(19)26/h3-8,10,13-14,20H,9,11-12H2,1-2H3,(H,27,30,32). The van der Waals surface area contributed by atoms with Crippen LogP contribution in [0.3, 0.4) is 0 Å². The van der Waals surface area contributed by atoms with Gasteiger partial charge >= 0.3 is 6.03 Å². The minimum Gasteiger partial charge on any atom is -0.366 e. The molecule has 1 spiro atoms. The second-order valence-corrected chi connectivity index (χ2v) is 10.0. The SMILES string of the molecule is CC1CC(C)C2N(C1)c1ccccc1CC21C(=O)NC(=O)N(c2cc(Cl)ccc2Cl)C1=O. The molecule has 3 aliphatic rings. The van der Waals surface area contributed by atoms with Crippen molar-refractivity contribution < 1.29 is 14.4 Å². The van der Waals surface area contributed by atoms with Gasteiger partial charge in [-0.25, -0.2) is 9.69 Å². The van der Waals surface area contributed by atoms with Gasteiger partial charge < -0.3 is 4.90 Å². The number of amides is 4. The topological polar surface area (TPSA) is 69.7 Å². The van der Waals surface area contributed by atoms with Gasteiger partial charge in [-0.3, -0.25) is 14.9 Å². The normalized spacial score (nSPS) is 29.6. The largest absolute Gasteiger partial charge is 0.366 e. The van der Waals surface area contributed by atoms with Gasteiger partial charge in [-0.05, 0) is 54.5 Å². The quantitative estimate of drug-likeness (QED) is 0.613. The third-order valence-electron chi connectivity index (χ3n) is 7.00. The minimum atomic E-state index is -1.45. The van der Waals surface area contributed by atoms with E-state index >= 15 is 0 Å².